The summed E-state index contributed by atoms with van der Waals surface area (Å²) in [6.45, 7) is 6.51. The molecular formula is C28H33NO. The zero-order valence-electron chi connectivity index (χ0n) is 18.0. The van der Waals surface area contributed by atoms with Crippen molar-refractivity contribution in [3.8, 4) is 0 Å². The summed E-state index contributed by atoms with van der Waals surface area (Å²) in [4.78, 5) is 2.61. The molecule has 1 saturated heterocycles. The number of hydrogen-bond donors (Lipinski definition) is 0. The van der Waals surface area contributed by atoms with Crippen LogP contribution in [-0.2, 0) is 11.2 Å². The van der Waals surface area contributed by atoms with Gasteiger partial charge in [-0.05, 0) is 61.9 Å². The fourth-order valence-corrected chi connectivity index (χ4v) is 4.29. The van der Waals surface area contributed by atoms with Crippen LogP contribution in [0.1, 0.15) is 41.2 Å². The van der Waals surface area contributed by atoms with E-state index >= 15 is 0 Å². The molecule has 4 rings (SSSR count). The summed E-state index contributed by atoms with van der Waals surface area (Å²) in [5.74, 6) is 0.649. The second-order valence-corrected chi connectivity index (χ2v) is 8.56. The molecule has 1 heterocycles. The fraction of sp³-hybridized carbons (Fsp3) is 0.357. The smallest absolute Gasteiger partial charge is 0.108 e. The Morgan fingerprint density at radius 3 is 1.93 bits per heavy atom. The Kier molecular flexibility index (Phi) is 7.34. The molecule has 0 aliphatic carbocycles. The highest BCUT2D eigenvalue weighted by atomic mass is 16.5. The minimum atomic E-state index is 0.0203. The van der Waals surface area contributed by atoms with Gasteiger partial charge in [-0.25, -0.2) is 0 Å². The van der Waals surface area contributed by atoms with E-state index in [1.54, 1.807) is 0 Å². The van der Waals surface area contributed by atoms with Crippen LogP contribution < -0.4 is 0 Å². The topological polar surface area (TPSA) is 12.5 Å². The number of rotatable bonds is 8. The number of benzene rings is 3. The number of likely N-dealkylation sites (tertiary alicyclic amines) is 1. The SMILES string of the molecule is Cc1ccc(CCN2CCC(COC(c3ccccc3)c3ccccc3)CC2)cc1. The Morgan fingerprint density at radius 1 is 0.800 bits per heavy atom. The molecule has 0 unspecified atom stereocenters. The quantitative estimate of drug-likeness (QED) is 0.457. The maximum Gasteiger partial charge on any atom is 0.108 e. The van der Waals surface area contributed by atoms with Gasteiger partial charge in [-0.15, -0.1) is 0 Å². The van der Waals surface area contributed by atoms with E-state index in [0.717, 1.165) is 19.6 Å². The van der Waals surface area contributed by atoms with E-state index in [1.165, 1.54) is 48.2 Å². The summed E-state index contributed by atoms with van der Waals surface area (Å²) < 4.78 is 6.51. The standard InChI is InChI=1S/C28H33NO/c1-23-12-14-24(15-13-23)16-19-29-20-17-25(18-21-29)22-30-28(26-8-4-2-5-9-26)27-10-6-3-7-11-27/h2-15,25,28H,16-22H2,1H3. The van der Waals surface area contributed by atoms with Crippen molar-refractivity contribution in [1.82, 2.24) is 4.90 Å². The maximum absolute atomic E-state index is 6.51. The first-order valence-electron chi connectivity index (χ1n) is 11.3. The summed E-state index contributed by atoms with van der Waals surface area (Å²) in [6, 6.07) is 30.2. The molecule has 2 nitrogen and oxygen atoms in total. The molecule has 0 amide bonds. The van der Waals surface area contributed by atoms with Crippen LogP contribution in [0.25, 0.3) is 0 Å². The van der Waals surface area contributed by atoms with Gasteiger partial charge >= 0.3 is 0 Å². The van der Waals surface area contributed by atoms with E-state index in [1.807, 2.05) is 0 Å². The predicted octanol–water partition coefficient (Wildman–Crippen LogP) is 6.06. The van der Waals surface area contributed by atoms with Crippen molar-refractivity contribution < 1.29 is 4.74 Å². The molecule has 156 valence electrons. The molecule has 1 fully saturated rings. The van der Waals surface area contributed by atoms with Crippen molar-refractivity contribution in [3.05, 3.63) is 107 Å². The van der Waals surface area contributed by atoms with E-state index in [4.69, 9.17) is 4.74 Å². The number of piperidine rings is 1. The lowest BCUT2D eigenvalue weighted by atomic mass is 9.96. The first-order valence-corrected chi connectivity index (χ1v) is 11.3. The molecule has 1 aliphatic rings. The van der Waals surface area contributed by atoms with Crippen LogP contribution >= 0.6 is 0 Å². The Labute approximate surface area is 181 Å². The van der Waals surface area contributed by atoms with E-state index < -0.39 is 0 Å². The maximum atomic E-state index is 6.51. The van der Waals surface area contributed by atoms with Crippen molar-refractivity contribution in [2.45, 2.75) is 32.3 Å². The third-order valence-electron chi connectivity index (χ3n) is 6.25. The van der Waals surface area contributed by atoms with Crippen LogP contribution in [0, 0.1) is 12.8 Å². The van der Waals surface area contributed by atoms with Crippen molar-refractivity contribution in [3.63, 3.8) is 0 Å². The molecule has 0 aromatic heterocycles. The molecule has 0 radical (unpaired) electrons. The minimum Gasteiger partial charge on any atom is -0.368 e. The highest BCUT2D eigenvalue weighted by molar-refractivity contribution is 5.30. The van der Waals surface area contributed by atoms with Gasteiger partial charge in [0.2, 0.25) is 0 Å². The van der Waals surface area contributed by atoms with Crippen LogP contribution in [-0.4, -0.2) is 31.1 Å². The summed E-state index contributed by atoms with van der Waals surface area (Å²) in [5, 5.41) is 0. The molecule has 0 bridgehead atoms. The first kappa shape index (κ1) is 20.8. The molecule has 3 aromatic carbocycles. The minimum absolute atomic E-state index is 0.0203. The van der Waals surface area contributed by atoms with Gasteiger partial charge in [-0.3, -0.25) is 0 Å². The van der Waals surface area contributed by atoms with Crippen LogP contribution in [0.4, 0.5) is 0 Å². The second-order valence-electron chi connectivity index (χ2n) is 8.56. The lowest BCUT2D eigenvalue weighted by molar-refractivity contribution is 0.0311. The highest BCUT2D eigenvalue weighted by Gasteiger charge is 2.22. The number of nitrogens with zero attached hydrogens (tertiary/aromatic N) is 1. The summed E-state index contributed by atoms with van der Waals surface area (Å²) in [5.41, 5.74) is 5.25. The number of aryl methyl sites for hydroxylation is 1. The molecule has 0 atom stereocenters. The van der Waals surface area contributed by atoms with Crippen LogP contribution in [0.15, 0.2) is 84.9 Å². The van der Waals surface area contributed by atoms with E-state index in [-0.39, 0.29) is 6.10 Å². The Balaban J connectivity index is 1.27. The molecule has 0 saturated carbocycles. The number of hydrogen-bond acceptors (Lipinski definition) is 2. The third kappa shape index (κ3) is 5.81. The Morgan fingerprint density at radius 2 is 1.37 bits per heavy atom. The normalized spacial score (nSPS) is 15.5. The zero-order chi connectivity index (χ0) is 20.6. The molecule has 30 heavy (non-hydrogen) atoms. The molecular weight excluding hydrogens is 366 g/mol. The van der Waals surface area contributed by atoms with E-state index in [9.17, 15) is 0 Å². The van der Waals surface area contributed by atoms with Gasteiger partial charge in [0, 0.05) is 6.54 Å². The first-order chi connectivity index (χ1) is 14.8. The molecule has 2 heteroatoms. The molecule has 0 N–H and O–H groups in total. The van der Waals surface area contributed by atoms with Gasteiger partial charge in [0.15, 0.2) is 0 Å². The van der Waals surface area contributed by atoms with E-state index in [2.05, 4.69) is 96.8 Å². The van der Waals surface area contributed by atoms with E-state index in [0.29, 0.717) is 5.92 Å². The average molecular weight is 400 g/mol. The van der Waals surface area contributed by atoms with Crippen LogP contribution in [0.5, 0.6) is 0 Å². The second kappa shape index (κ2) is 10.6. The van der Waals surface area contributed by atoms with Crippen molar-refractivity contribution in [1.29, 1.82) is 0 Å². The summed E-state index contributed by atoms with van der Waals surface area (Å²) in [6.07, 6.45) is 3.62. The number of ether oxygens (including phenoxy) is 1. The van der Waals surface area contributed by atoms with Gasteiger partial charge in [0.25, 0.3) is 0 Å². The van der Waals surface area contributed by atoms with Crippen LogP contribution in [0.2, 0.25) is 0 Å². The van der Waals surface area contributed by atoms with Crippen molar-refractivity contribution in [2.75, 3.05) is 26.2 Å². The van der Waals surface area contributed by atoms with Crippen LogP contribution in [0.3, 0.4) is 0 Å². The summed E-state index contributed by atoms with van der Waals surface area (Å²) in [7, 11) is 0. The lowest BCUT2D eigenvalue weighted by Gasteiger charge is -2.32. The molecule has 0 spiro atoms. The van der Waals surface area contributed by atoms with Gasteiger partial charge in [-0.2, -0.15) is 0 Å². The third-order valence-corrected chi connectivity index (χ3v) is 6.25. The van der Waals surface area contributed by atoms with Gasteiger partial charge in [0.05, 0.1) is 6.61 Å². The highest BCUT2D eigenvalue weighted by Crippen LogP contribution is 2.28. The van der Waals surface area contributed by atoms with Crippen molar-refractivity contribution >= 4 is 0 Å². The monoisotopic (exact) mass is 399 g/mol. The average Bonchev–Trinajstić information content (AvgIpc) is 2.81. The predicted molar refractivity (Wildman–Crippen MR) is 125 cm³/mol. The Hall–Kier alpha value is -2.42. The van der Waals surface area contributed by atoms with Gasteiger partial charge in [0.1, 0.15) is 6.10 Å². The van der Waals surface area contributed by atoms with Crippen molar-refractivity contribution in [2.24, 2.45) is 5.92 Å². The van der Waals surface area contributed by atoms with Gasteiger partial charge in [-0.1, -0.05) is 90.5 Å². The zero-order valence-corrected chi connectivity index (χ0v) is 18.0. The largest absolute Gasteiger partial charge is 0.368 e. The molecule has 3 aromatic rings. The lowest BCUT2D eigenvalue weighted by Crippen LogP contribution is -2.36. The molecule has 1 aliphatic heterocycles. The summed E-state index contributed by atoms with van der Waals surface area (Å²) >= 11 is 0. The Bertz CT molecular complexity index is 828. The van der Waals surface area contributed by atoms with Gasteiger partial charge < -0.3 is 9.64 Å². The fourth-order valence-electron chi connectivity index (χ4n) is 4.29.